The molecular weight excluding hydrogens is 282 g/mol. The van der Waals surface area contributed by atoms with Crippen LogP contribution in [0.4, 0.5) is 0 Å². The fourth-order valence-corrected chi connectivity index (χ4v) is 3.09. The Bertz CT molecular complexity index is 534. The van der Waals surface area contributed by atoms with Crippen LogP contribution in [-0.2, 0) is 11.3 Å². The van der Waals surface area contributed by atoms with E-state index < -0.39 is 12.0 Å². The lowest BCUT2D eigenvalue weighted by molar-refractivity contribution is -0.144. The number of hydrogen-bond donors (Lipinski definition) is 1. The Morgan fingerprint density at radius 3 is 3.05 bits per heavy atom. The van der Waals surface area contributed by atoms with E-state index in [4.69, 9.17) is 21.1 Å². The lowest BCUT2D eigenvalue weighted by atomic mass is 10.0. The fourth-order valence-electron chi connectivity index (χ4n) is 2.81. The average Bonchev–Trinajstić information content (AvgIpc) is 2.88. The molecule has 3 rings (SSSR count). The highest BCUT2D eigenvalue weighted by Crippen LogP contribution is 2.40. The lowest BCUT2D eigenvalue weighted by Gasteiger charge is -2.32. The topological polar surface area (TPSA) is 59.0 Å². The van der Waals surface area contributed by atoms with Crippen LogP contribution in [0.15, 0.2) is 12.1 Å². The largest absolute Gasteiger partial charge is 0.480 e. The zero-order valence-electron chi connectivity index (χ0n) is 11.0. The van der Waals surface area contributed by atoms with Gasteiger partial charge in [-0.25, -0.2) is 0 Å². The van der Waals surface area contributed by atoms with Crippen molar-refractivity contribution in [3.8, 4) is 11.5 Å². The SMILES string of the molecule is O=C(O)C1CCCCN1Cc1cc(Cl)c2c(c1)OCO2. The van der Waals surface area contributed by atoms with Crippen LogP contribution in [0.2, 0.25) is 5.02 Å². The third kappa shape index (κ3) is 2.55. The van der Waals surface area contributed by atoms with Crippen LogP contribution < -0.4 is 9.47 Å². The van der Waals surface area contributed by atoms with Gasteiger partial charge in [0.2, 0.25) is 6.79 Å². The van der Waals surface area contributed by atoms with Crippen molar-refractivity contribution in [2.24, 2.45) is 0 Å². The molecule has 20 heavy (non-hydrogen) atoms. The number of fused-ring (bicyclic) bond motifs is 1. The minimum absolute atomic E-state index is 0.181. The molecule has 5 nitrogen and oxygen atoms in total. The number of likely N-dealkylation sites (tertiary alicyclic amines) is 1. The number of carboxylic acid groups (broad SMARTS) is 1. The monoisotopic (exact) mass is 297 g/mol. The number of rotatable bonds is 3. The Balaban J connectivity index is 1.80. The molecular formula is C14H16ClNO4. The van der Waals surface area contributed by atoms with E-state index in [1.54, 1.807) is 0 Å². The van der Waals surface area contributed by atoms with E-state index in [1.165, 1.54) is 0 Å². The molecule has 6 heteroatoms. The van der Waals surface area contributed by atoms with Crippen LogP contribution in [0.25, 0.3) is 0 Å². The number of carboxylic acids is 1. The summed E-state index contributed by atoms with van der Waals surface area (Å²) in [6, 6.07) is 3.29. The summed E-state index contributed by atoms with van der Waals surface area (Å²) < 4.78 is 10.6. The van der Waals surface area contributed by atoms with Gasteiger partial charge >= 0.3 is 5.97 Å². The van der Waals surface area contributed by atoms with Gasteiger partial charge in [-0.2, -0.15) is 0 Å². The second-order valence-corrected chi connectivity index (χ2v) is 5.54. The Hall–Kier alpha value is -1.46. The van der Waals surface area contributed by atoms with E-state index in [0.29, 0.717) is 29.5 Å². The Morgan fingerprint density at radius 1 is 1.40 bits per heavy atom. The van der Waals surface area contributed by atoms with Gasteiger partial charge in [0.05, 0.1) is 5.02 Å². The van der Waals surface area contributed by atoms with E-state index in [-0.39, 0.29) is 6.79 Å². The van der Waals surface area contributed by atoms with Crippen LogP contribution in [0, 0.1) is 0 Å². The van der Waals surface area contributed by atoms with E-state index in [9.17, 15) is 9.90 Å². The molecule has 0 bridgehead atoms. The molecule has 1 N–H and O–H groups in total. The number of benzene rings is 1. The van der Waals surface area contributed by atoms with Gasteiger partial charge in [0, 0.05) is 6.54 Å². The lowest BCUT2D eigenvalue weighted by Crippen LogP contribution is -2.43. The van der Waals surface area contributed by atoms with E-state index in [1.807, 2.05) is 17.0 Å². The van der Waals surface area contributed by atoms with Crippen molar-refractivity contribution in [1.29, 1.82) is 0 Å². The number of halogens is 1. The smallest absolute Gasteiger partial charge is 0.320 e. The van der Waals surface area contributed by atoms with Crippen molar-refractivity contribution in [3.63, 3.8) is 0 Å². The van der Waals surface area contributed by atoms with Gasteiger partial charge < -0.3 is 14.6 Å². The standard InChI is InChI=1S/C14H16ClNO4/c15-10-5-9(6-12-13(10)20-8-19-12)7-16-4-2-1-3-11(16)14(17)18/h5-6,11H,1-4,7-8H2,(H,17,18). The Labute approximate surface area is 122 Å². The molecule has 1 aromatic rings. The molecule has 1 atom stereocenters. The highest BCUT2D eigenvalue weighted by Gasteiger charge is 2.29. The minimum atomic E-state index is -0.753. The summed E-state index contributed by atoms with van der Waals surface area (Å²) in [5.74, 6) is 0.455. The van der Waals surface area contributed by atoms with Crippen LogP contribution >= 0.6 is 11.6 Å². The summed E-state index contributed by atoms with van der Waals surface area (Å²) in [6.07, 6.45) is 2.70. The van der Waals surface area contributed by atoms with Crippen molar-refractivity contribution >= 4 is 17.6 Å². The fraction of sp³-hybridized carbons (Fsp3) is 0.500. The van der Waals surface area contributed by atoms with Gasteiger partial charge in [0.1, 0.15) is 6.04 Å². The number of hydrogen-bond acceptors (Lipinski definition) is 4. The molecule has 2 heterocycles. The van der Waals surface area contributed by atoms with Gasteiger partial charge in [-0.15, -0.1) is 0 Å². The van der Waals surface area contributed by atoms with Crippen LogP contribution in [0.5, 0.6) is 11.5 Å². The number of piperidine rings is 1. The molecule has 1 unspecified atom stereocenters. The maximum Gasteiger partial charge on any atom is 0.320 e. The van der Waals surface area contributed by atoms with Crippen molar-refractivity contribution in [1.82, 2.24) is 4.90 Å². The molecule has 1 aromatic carbocycles. The van der Waals surface area contributed by atoms with Gasteiger partial charge in [0.15, 0.2) is 11.5 Å². The molecule has 0 saturated carbocycles. The number of ether oxygens (including phenoxy) is 2. The van der Waals surface area contributed by atoms with Crippen molar-refractivity contribution in [2.75, 3.05) is 13.3 Å². The van der Waals surface area contributed by atoms with E-state index in [2.05, 4.69) is 0 Å². The summed E-state index contributed by atoms with van der Waals surface area (Å²) in [5, 5.41) is 9.80. The average molecular weight is 298 g/mol. The molecule has 0 aromatic heterocycles. The van der Waals surface area contributed by atoms with Crippen LogP contribution in [-0.4, -0.2) is 35.4 Å². The molecule has 0 radical (unpaired) electrons. The normalized spacial score (nSPS) is 21.9. The molecule has 0 aliphatic carbocycles. The first kappa shape index (κ1) is 13.5. The van der Waals surface area contributed by atoms with Gasteiger partial charge in [-0.05, 0) is 37.1 Å². The summed E-state index contributed by atoms with van der Waals surface area (Å²) in [5.41, 5.74) is 0.951. The van der Waals surface area contributed by atoms with E-state index >= 15 is 0 Å². The first-order valence-electron chi connectivity index (χ1n) is 6.70. The number of carbonyl (C=O) groups is 1. The second kappa shape index (κ2) is 5.50. The summed E-state index contributed by atoms with van der Waals surface area (Å²) in [6.45, 7) is 1.54. The molecule has 1 fully saturated rings. The highest BCUT2D eigenvalue weighted by atomic mass is 35.5. The Morgan fingerprint density at radius 2 is 2.25 bits per heavy atom. The van der Waals surface area contributed by atoms with Crippen molar-refractivity contribution in [2.45, 2.75) is 31.8 Å². The predicted molar refractivity (Wildman–Crippen MR) is 73.3 cm³/mol. The summed E-state index contributed by atoms with van der Waals surface area (Å²) >= 11 is 6.15. The first-order chi connectivity index (χ1) is 9.65. The minimum Gasteiger partial charge on any atom is -0.480 e. The van der Waals surface area contributed by atoms with Gasteiger partial charge in [-0.3, -0.25) is 9.69 Å². The summed E-state index contributed by atoms with van der Waals surface area (Å²) in [4.78, 5) is 13.3. The first-order valence-corrected chi connectivity index (χ1v) is 7.08. The quantitative estimate of drug-likeness (QED) is 0.929. The predicted octanol–water partition coefficient (Wildman–Crippen LogP) is 2.51. The van der Waals surface area contributed by atoms with Gasteiger partial charge in [0.25, 0.3) is 0 Å². The second-order valence-electron chi connectivity index (χ2n) is 5.13. The maximum atomic E-state index is 11.3. The molecule has 108 valence electrons. The number of nitrogens with zero attached hydrogens (tertiary/aromatic N) is 1. The zero-order valence-corrected chi connectivity index (χ0v) is 11.7. The third-order valence-corrected chi connectivity index (χ3v) is 4.05. The van der Waals surface area contributed by atoms with Crippen molar-refractivity contribution in [3.05, 3.63) is 22.7 Å². The van der Waals surface area contributed by atoms with Crippen molar-refractivity contribution < 1.29 is 19.4 Å². The van der Waals surface area contributed by atoms with Crippen LogP contribution in [0.1, 0.15) is 24.8 Å². The maximum absolute atomic E-state index is 11.3. The zero-order chi connectivity index (χ0) is 14.1. The summed E-state index contributed by atoms with van der Waals surface area (Å²) in [7, 11) is 0. The number of aliphatic carboxylic acids is 1. The highest BCUT2D eigenvalue weighted by molar-refractivity contribution is 6.32. The molecule has 0 spiro atoms. The third-order valence-electron chi connectivity index (χ3n) is 3.77. The molecule has 1 saturated heterocycles. The molecule has 2 aliphatic heterocycles. The van der Waals surface area contributed by atoms with E-state index in [0.717, 1.165) is 24.9 Å². The molecule has 2 aliphatic rings. The molecule has 0 amide bonds. The van der Waals surface area contributed by atoms with Gasteiger partial charge in [-0.1, -0.05) is 18.0 Å². The van der Waals surface area contributed by atoms with Crippen LogP contribution in [0.3, 0.4) is 0 Å². The Kier molecular flexibility index (Phi) is 3.72.